The lowest BCUT2D eigenvalue weighted by Gasteiger charge is -2.16. The SMILES string of the molecule is Cc1ccccc1N1C(=O)C(=Cc2ccc(OCc3ccccc3F)c(Cl)c2)SC1=S. The van der Waals surface area contributed by atoms with Crippen molar-refractivity contribution in [3.63, 3.8) is 0 Å². The molecule has 0 aliphatic carbocycles. The molecule has 0 bridgehead atoms. The van der Waals surface area contributed by atoms with E-state index in [-0.39, 0.29) is 18.3 Å². The van der Waals surface area contributed by atoms with Crippen molar-refractivity contribution in [2.45, 2.75) is 13.5 Å². The minimum atomic E-state index is -0.328. The van der Waals surface area contributed by atoms with Gasteiger partial charge in [-0.15, -0.1) is 0 Å². The first kappa shape index (κ1) is 21.6. The summed E-state index contributed by atoms with van der Waals surface area (Å²) in [5.41, 5.74) is 2.94. The standard InChI is InChI=1S/C24H17ClFNO2S2/c1-15-6-2-5-9-20(15)27-23(28)22(31-24(27)30)13-16-10-11-21(18(25)12-16)29-14-17-7-3-4-8-19(17)26/h2-13H,14H2,1H3. The highest BCUT2D eigenvalue weighted by molar-refractivity contribution is 8.27. The first-order valence-electron chi connectivity index (χ1n) is 9.43. The van der Waals surface area contributed by atoms with E-state index in [0.717, 1.165) is 16.8 Å². The van der Waals surface area contributed by atoms with Gasteiger partial charge in [-0.25, -0.2) is 4.39 Å². The molecule has 0 atom stereocenters. The number of nitrogens with zero attached hydrogens (tertiary/aromatic N) is 1. The molecule has 3 nitrogen and oxygen atoms in total. The molecule has 0 unspecified atom stereocenters. The van der Waals surface area contributed by atoms with Gasteiger partial charge in [0.15, 0.2) is 4.32 Å². The zero-order valence-corrected chi connectivity index (χ0v) is 18.9. The molecule has 7 heteroatoms. The molecule has 1 aliphatic rings. The van der Waals surface area contributed by atoms with Crippen LogP contribution in [0.15, 0.2) is 71.6 Å². The summed E-state index contributed by atoms with van der Waals surface area (Å²) in [5.74, 6) is -0.0549. The highest BCUT2D eigenvalue weighted by Crippen LogP contribution is 2.38. The number of hydrogen-bond acceptors (Lipinski definition) is 4. The zero-order valence-electron chi connectivity index (χ0n) is 16.5. The predicted molar refractivity (Wildman–Crippen MR) is 129 cm³/mol. The van der Waals surface area contributed by atoms with Crippen molar-refractivity contribution in [1.82, 2.24) is 0 Å². The van der Waals surface area contributed by atoms with Crippen LogP contribution in [0, 0.1) is 12.7 Å². The van der Waals surface area contributed by atoms with Crippen LogP contribution in [-0.4, -0.2) is 10.2 Å². The van der Waals surface area contributed by atoms with Crippen LogP contribution in [-0.2, 0) is 11.4 Å². The number of amides is 1. The number of benzene rings is 3. The maximum absolute atomic E-state index is 13.8. The number of thiocarbonyl (C=S) groups is 1. The predicted octanol–water partition coefficient (Wildman–Crippen LogP) is 6.77. The van der Waals surface area contributed by atoms with Gasteiger partial charge in [0.1, 0.15) is 18.2 Å². The van der Waals surface area contributed by atoms with Crippen molar-refractivity contribution in [3.8, 4) is 5.75 Å². The fourth-order valence-electron chi connectivity index (χ4n) is 3.14. The van der Waals surface area contributed by atoms with Crippen LogP contribution in [0.3, 0.4) is 0 Å². The Morgan fingerprint density at radius 2 is 1.87 bits per heavy atom. The van der Waals surface area contributed by atoms with Crippen LogP contribution in [0.25, 0.3) is 6.08 Å². The Kier molecular flexibility index (Phi) is 6.41. The third-order valence-electron chi connectivity index (χ3n) is 4.74. The van der Waals surface area contributed by atoms with Gasteiger partial charge >= 0.3 is 0 Å². The van der Waals surface area contributed by atoms with Crippen molar-refractivity contribution >= 4 is 57.6 Å². The van der Waals surface area contributed by atoms with Gasteiger partial charge in [-0.05, 0) is 48.4 Å². The van der Waals surface area contributed by atoms with Crippen LogP contribution in [0.1, 0.15) is 16.7 Å². The third-order valence-corrected chi connectivity index (χ3v) is 6.34. The Morgan fingerprint density at radius 3 is 2.61 bits per heavy atom. The smallest absolute Gasteiger partial charge is 0.270 e. The Hall–Kier alpha value is -2.67. The molecule has 3 aromatic carbocycles. The van der Waals surface area contributed by atoms with E-state index in [2.05, 4.69) is 0 Å². The molecule has 1 heterocycles. The number of hydrogen-bond donors (Lipinski definition) is 0. The molecule has 1 saturated heterocycles. The van der Waals surface area contributed by atoms with Gasteiger partial charge in [0.2, 0.25) is 0 Å². The number of carbonyl (C=O) groups is 1. The minimum absolute atomic E-state index is 0.0703. The highest BCUT2D eigenvalue weighted by Gasteiger charge is 2.33. The summed E-state index contributed by atoms with van der Waals surface area (Å²) in [7, 11) is 0. The fourth-order valence-corrected chi connectivity index (χ4v) is 4.66. The second-order valence-corrected chi connectivity index (χ2v) is 8.96. The molecule has 31 heavy (non-hydrogen) atoms. The van der Waals surface area contributed by atoms with Gasteiger partial charge < -0.3 is 4.74 Å². The van der Waals surface area contributed by atoms with Gasteiger partial charge in [0, 0.05) is 5.56 Å². The van der Waals surface area contributed by atoms with E-state index in [1.165, 1.54) is 17.8 Å². The molecule has 0 saturated carbocycles. The monoisotopic (exact) mass is 469 g/mol. The molecule has 4 rings (SSSR count). The molecule has 1 aliphatic heterocycles. The summed E-state index contributed by atoms with van der Waals surface area (Å²) in [6, 6.07) is 19.2. The molecule has 0 aromatic heterocycles. The number of anilines is 1. The lowest BCUT2D eigenvalue weighted by atomic mass is 10.1. The number of rotatable bonds is 5. The Bertz CT molecular complexity index is 1210. The van der Waals surface area contributed by atoms with Crippen LogP contribution < -0.4 is 9.64 Å². The second-order valence-electron chi connectivity index (χ2n) is 6.87. The lowest BCUT2D eigenvalue weighted by molar-refractivity contribution is -0.113. The van der Waals surface area contributed by atoms with Gasteiger partial charge in [0.25, 0.3) is 5.91 Å². The Balaban J connectivity index is 1.52. The van der Waals surface area contributed by atoms with Crippen LogP contribution >= 0.6 is 35.6 Å². The number of para-hydroxylation sites is 1. The maximum Gasteiger partial charge on any atom is 0.270 e. The summed E-state index contributed by atoms with van der Waals surface area (Å²) in [6.45, 7) is 2.01. The van der Waals surface area contributed by atoms with Crippen LogP contribution in [0.5, 0.6) is 5.75 Å². The summed E-state index contributed by atoms with van der Waals surface area (Å²) in [5, 5.41) is 0.375. The van der Waals surface area contributed by atoms with E-state index < -0.39 is 0 Å². The van der Waals surface area contributed by atoms with Crippen molar-refractivity contribution in [2.24, 2.45) is 0 Å². The number of thioether (sulfide) groups is 1. The van der Waals surface area contributed by atoms with Crippen molar-refractivity contribution in [2.75, 3.05) is 4.90 Å². The Morgan fingerprint density at radius 1 is 1.13 bits per heavy atom. The van der Waals surface area contributed by atoms with Crippen LogP contribution in [0.4, 0.5) is 10.1 Å². The normalized spacial score (nSPS) is 15.1. The average molecular weight is 470 g/mol. The molecule has 1 amide bonds. The van der Waals surface area contributed by atoms with Crippen LogP contribution in [0.2, 0.25) is 5.02 Å². The summed E-state index contributed by atoms with van der Waals surface area (Å²) in [4.78, 5) is 15.0. The summed E-state index contributed by atoms with van der Waals surface area (Å²) >= 11 is 13.0. The molecule has 0 spiro atoms. The quantitative estimate of drug-likeness (QED) is 0.304. The van der Waals surface area contributed by atoms with Crippen molar-refractivity contribution < 1.29 is 13.9 Å². The molecule has 3 aromatic rings. The zero-order chi connectivity index (χ0) is 22.0. The van der Waals surface area contributed by atoms with E-state index in [9.17, 15) is 9.18 Å². The van der Waals surface area contributed by atoms with Gasteiger partial charge in [-0.2, -0.15) is 0 Å². The molecular weight excluding hydrogens is 453 g/mol. The van der Waals surface area contributed by atoms with E-state index >= 15 is 0 Å². The number of halogens is 2. The molecule has 0 N–H and O–H groups in total. The Labute approximate surface area is 194 Å². The van der Waals surface area contributed by atoms with Gasteiger partial charge in [-0.1, -0.05) is 78.0 Å². The lowest BCUT2D eigenvalue weighted by Crippen LogP contribution is -2.28. The van der Waals surface area contributed by atoms with E-state index in [4.69, 9.17) is 28.6 Å². The molecule has 0 radical (unpaired) electrons. The van der Waals surface area contributed by atoms with E-state index in [0.29, 0.717) is 25.6 Å². The van der Waals surface area contributed by atoms with Gasteiger partial charge in [-0.3, -0.25) is 9.69 Å². The summed E-state index contributed by atoms with van der Waals surface area (Å²) < 4.78 is 19.9. The fraction of sp³-hybridized carbons (Fsp3) is 0.0833. The second kappa shape index (κ2) is 9.22. The van der Waals surface area contributed by atoms with Crippen molar-refractivity contribution in [3.05, 3.63) is 99.2 Å². The number of carbonyl (C=O) groups excluding carboxylic acids is 1. The maximum atomic E-state index is 13.8. The van der Waals surface area contributed by atoms with Gasteiger partial charge in [0.05, 0.1) is 15.6 Å². The highest BCUT2D eigenvalue weighted by atomic mass is 35.5. The average Bonchev–Trinajstić information content (AvgIpc) is 3.02. The third kappa shape index (κ3) is 4.66. The van der Waals surface area contributed by atoms with E-state index in [1.807, 2.05) is 31.2 Å². The molecular formula is C24H17ClFNO2S2. The first-order chi connectivity index (χ1) is 14.9. The number of ether oxygens (including phenoxy) is 1. The van der Waals surface area contributed by atoms with Crippen molar-refractivity contribution in [1.29, 1.82) is 0 Å². The summed E-state index contributed by atoms with van der Waals surface area (Å²) in [6.07, 6.45) is 1.75. The largest absolute Gasteiger partial charge is 0.487 e. The van der Waals surface area contributed by atoms with E-state index in [1.54, 1.807) is 47.4 Å². The minimum Gasteiger partial charge on any atom is -0.487 e. The first-order valence-corrected chi connectivity index (χ1v) is 11.0. The molecule has 1 fully saturated rings. The molecule has 156 valence electrons. The number of aryl methyl sites for hydroxylation is 1. The topological polar surface area (TPSA) is 29.5 Å².